The zero-order valence-electron chi connectivity index (χ0n) is 19.3. The minimum absolute atomic E-state index is 0.195. The highest BCUT2D eigenvalue weighted by molar-refractivity contribution is 7.97. The van der Waals surface area contributed by atoms with E-state index < -0.39 is 0 Å². The summed E-state index contributed by atoms with van der Waals surface area (Å²) < 4.78 is 22.1. The molecule has 3 heteroatoms. The second-order valence-corrected chi connectivity index (χ2v) is 12.3. The lowest BCUT2D eigenvalue weighted by Crippen LogP contribution is -2.33. The first-order valence-corrected chi connectivity index (χ1v) is 13.7. The van der Waals surface area contributed by atoms with E-state index in [1.54, 1.807) is 6.07 Å². The molecule has 0 aliphatic heterocycles. The van der Waals surface area contributed by atoms with Crippen molar-refractivity contribution in [2.24, 2.45) is 23.7 Å². The largest absolute Gasteiger partial charge is 0.484 e. The predicted molar refractivity (Wildman–Crippen MR) is 132 cm³/mol. The molecule has 3 saturated carbocycles. The number of hydrogen-bond donors (Lipinski definition) is 0. The SMILES string of the molecule is CCC1(Oc2ccc([S+](c3ccccc3)c3ccccc3)cc2F)CC2C3CCC(C3)C2C1. The molecule has 0 radical (unpaired) electrons. The summed E-state index contributed by atoms with van der Waals surface area (Å²) in [6, 6.07) is 26.5. The van der Waals surface area contributed by atoms with Gasteiger partial charge in [0.2, 0.25) is 0 Å². The van der Waals surface area contributed by atoms with Gasteiger partial charge >= 0.3 is 0 Å². The van der Waals surface area contributed by atoms with E-state index in [-0.39, 0.29) is 22.3 Å². The van der Waals surface area contributed by atoms with Crippen LogP contribution in [0.2, 0.25) is 0 Å². The van der Waals surface area contributed by atoms with Crippen LogP contribution in [0.4, 0.5) is 4.39 Å². The Morgan fingerprint density at radius 2 is 1.39 bits per heavy atom. The number of fused-ring (bicyclic) bond motifs is 5. The van der Waals surface area contributed by atoms with Gasteiger partial charge in [0.25, 0.3) is 0 Å². The fraction of sp³-hybridized carbons (Fsp3) is 0.400. The van der Waals surface area contributed by atoms with Gasteiger partial charge in [-0.25, -0.2) is 4.39 Å². The van der Waals surface area contributed by atoms with Gasteiger partial charge in [-0.1, -0.05) is 43.3 Å². The first-order valence-electron chi connectivity index (χ1n) is 12.5. The molecule has 0 N–H and O–H groups in total. The molecule has 3 aromatic rings. The molecule has 4 atom stereocenters. The van der Waals surface area contributed by atoms with Crippen molar-refractivity contribution in [2.45, 2.75) is 65.7 Å². The van der Waals surface area contributed by atoms with Crippen LogP contribution in [0.1, 0.15) is 45.4 Å². The Morgan fingerprint density at radius 1 is 0.818 bits per heavy atom. The van der Waals surface area contributed by atoms with Crippen LogP contribution in [-0.2, 0) is 10.9 Å². The highest BCUT2D eigenvalue weighted by Crippen LogP contribution is 2.62. The standard InChI is InChI=1S/C30H32FOS/c1-2-30(19-26-21-13-14-22(17-21)27(26)20-30)32-29-16-15-25(18-28(29)31)33(23-9-5-3-6-10-23)24-11-7-4-8-12-24/h3-12,15-16,18,21-22,26-27H,2,13-14,17,19-20H2,1H3/q+1. The maximum Gasteiger partial charge on any atom is 0.170 e. The minimum atomic E-state index is -0.350. The van der Waals surface area contributed by atoms with Gasteiger partial charge in [-0.3, -0.25) is 0 Å². The Bertz CT molecular complexity index is 1060. The molecule has 170 valence electrons. The Labute approximate surface area is 199 Å². The van der Waals surface area contributed by atoms with E-state index in [0.717, 1.165) is 47.8 Å². The first kappa shape index (κ1) is 21.3. The van der Waals surface area contributed by atoms with Gasteiger partial charge in [0.05, 0.1) is 10.9 Å². The fourth-order valence-electron chi connectivity index (χ4n) is 7.00. The summed E-state index contributed by atoms with van der Waals surface area (Å²) in [4.78, 5) is 3.38. The fourth-order valence-corrected chi connectivity index (χ4v) is 9.10. The van der Waals surface area contributed by atoms with Crippen molar-refractivity contribution in [3.8, 4) is 5.75 Å². The molecule has 2 bridgehead atoms. The lowest BCUT2D eigenvalue weighted by molar-refractivity contribution is 0.0548. The van der Waals surface area contributed by atoms with Gasteiger partial charge in [0.15, 0.2) is 26.3 Å². The van der Waals surface area contributed by atoms with Gasteiger partial charge in [0.1, 0.15) is 5.60 Å². The van der Waals surface area contributed by atoms with Crippen molar-refractivity contribution < 1.29 is 9.13 Å². The normalized spacial score (nSPS) is 30.0. The lowest BCUT2D eigenvalue weighted by atomic mass is 9.82. The monoisotopic (exact) mass is 459 g/mol. The van der Waals surface area contributed by atoms with Gasteiger partial charge in [-0.05, 0) is 98.6 Å². The Kier molecular flexibility index (Phi) is 5.49. The maximum absolute atomic E-state index is 15.5. The third kappa shape index (κ3) is 3.79. The summed E-state index contributed by atoms with van der Waals surface area (Å²) in [5, 5.41) is 0. The molecule has 1 nitrogen and oxygen atoms in total. The number of rotatable bonds is 6. The highest BCUT2D eigenvalue weighted by atomic mass is 32.2. The van der Waals surface area contributed by atoms with Crippen LogP contribution in [0.25, 0.3) is 0 Å². The third-order valence-electron chi connectivity index (χ3n) is 8.56. The van der Waals surface area contributed by atoms with E-state index in [1.165, 1.54) is 29.1 Å². The van der Waals surface area contributed by atoms with Crippen LogP contribution < -0.4 is 4.74 Å². The van der Waals surface area contributed by atoms with E-state index in [4.69, 9.17) is 4.74 Å². The second-order valence-electron chi connectivity index (χ2n) is 10.2. The molecule has 0 spiro atoms. The van der Waals surface area contributed by atoms with Crippen LogP contribution in [0.15, 0.2) is 93.5 Å². The molecule has 0 saturated heterocycles. The maximum atomic E-state index is 15.5. The van der Waals surface area contributed by atoms with Crippen molar-refractivity contribution >= 4 is 10.9 Å². The molecule has 3 fully saturated rings. The summed E-state index contributed by atoms with van der Waals surface area (Å²) in [6.45, 7) is 2.22. The van der Waals surface area contributed by atoms with E-state index in [1.807, 2.05) is 18.2 Å². The highest BCUT2D eigenvalue weighted by Gasteiger charge is 2.57. The van der Waals surface area contributed by atoms with E-state index >= 15 is 4.39 Å². The summed E-state index contributed by atoms with van der Waals surface area (Å²) in [7, 11) is -0.350. The van der Waals surface area contributed by atoms with Crippen LogP contribution in [-0.4, -0.2) is 5.60 Å². The third-order valence-corrected chi connectivity index (χ3v) is 10.8. The first-order chi connectivity index (χ1) is 16.2. The van der Waals surface area contributed by atoms with Gasteiger partial charge in [0, 0.05) is 6.07 Å². The van der Waals surface area contributed by atoms with Gasteiger partial charge in [-0.2, -0.15) is 0 Å². The van der Waals surface area contributed by atoms with Crippen LogP contribution in [0.3, 0.4) is 0 Å². The van der Waals surface area contributed by atoms with E-state index in [0.29, 0.717) is 5.75 Å². The molecular weight excluding hydrogens is 427 g/mol. The molecule has 33 heavy (non-hydrogen) atoms. The molecule has 3 aromatic carbocycles. The number of benzene rings is 3. The predicted octanol–water partition coefficient (Wildman–Crippen LogP) is 7.90. The average molecular weight is 460 g/mol. The van der Waals surface area contributed by atoms with Crippen LogP contribution >= 0.6 is 0 Å². The van der Waals surface area contributed by atoms with Crippen molar-refractivity contribution in [1.29, 1.82) is 0 Å². The van der Waals surface area contributed by atoms with Crippen molar-refractivity contribution in [2.75, 3.05) is 0 Å². The molecule has 3 aliphatic rings. The molecule has 0 aromatic heterocycles. The molecule has 0 heterocycles. The van der Waals surface area contributed by atoms with Crippen LogP contribution in [0.5, 0.6) is 5.75 Å². The summed E-state index contributed by atoms with van der Waals surface area (Å²) in [5.74, 6) is 3.58. The molecule has 6 rings (SSSR count). The summed E-state index contributed by atoms with van der Waals surface area (Å²) >= 11 is 0. The quantitative estimate of drug-likeness (QED) is 0.340. The number of halogens is 1. The zero-order chi connectivity index (χ0) is 22.4. The van der Waals surface area contributed by atoms with Gasteiger partial charge < -0.3 is 4.74 Å². The summed E-state index contributed by atoms with van der Waals surface area (Å²) in [6.07, 6.45) is 7.40. The molecular formula is C30H32FOS+. The molecule has 3 aliphatic carbocycles. The smallest absolute Gasteiger partial charge is 0.170 e. The van der Waals surface area contributed by atoms with Gasteiger partial charge in [-0.15, -0.1) is 0 Å². The topological polar surface area (TPSA) is 9.23 Å². The number of ether oxygens (including phenoxy) is 1. The molecule has 0 amide bonds. The summed E-state index contributed by atoms with van der Waals surface area (Å²) in [5.41, 5.74) is -0.195. The van der Waals surface area contributed by atoms with E-state index in [9.17, 15) is 0 Å². The van der Waals surface area contributed by atoms with Crippen molar-refractivity contribution in [1.82, 2.24) is 0 Å². The lowest BCUT2D eigenvalue weighted by Gasteiger charge is -2.31. The number of hydrogen-bond acceptors (Lipinski definition) is 1. The molecule has 4 unspecified atom stereocenters. The van der Waals surface area contributed by atoms with Crippen LogP contribution in [0, 0.1) is 29.5 Å². The minimum Gasteiger partial charge on any atom is -0.484 e. The van der Waals surface area contributed by atoms with Crippen molar-refractivity contribution in [3.05, 3.63) is 84.7 Å². The Morgan fingerprint density at radius 3 is 1.91 bits per heavy atom. The average Bonchev–Trinajstić information content (AvgIpc) is 3.55. The van der Waals surface area contributed by atoms with Crippen molar-refractivity contribution in [3.63, 3.8) is 0 Å². The Balaban J connectivity index is 1.29. The van der Waals surface area contributed by atoms with E-state index in [2.05, 4.69) is 61.5 Å². The zero-order valence-corrected chi connectivity index (χ0v) is 20.1. The Hall–Kier alpha value is -2.26. The second kappa shape index (κ2) is 8.51.